The highest BCUT2D eigenvalue weighted by Gasteiger charge is 2.09. The fraction of sp³-hybridized carbons (Fsp3) is 0.0769. The van der Waals surface area contributed by atoms with Crippen LogP contribution in [0.5, 0.6) is 0 Å². The van der Waals surface area contributed by atoms with Gasteiger partial charge in [0.1, 0.15) is 11.5 Å². The van der Waals surface area contributed by atoms with Crippen LogP contribution in [0.15, 0.2) is 45.7 Å². The Kier molecular flexibility index (Phi) is 2.87. The molecule has 6 heteroatoms. The molecule has 0 bridgehead atoms. The molecular weight excluding hydrogens is 308 g/mol. The Labute approximate surface area is 118 Å². The first-order valence-corrected chi connectivity index (χ1v) is 6.47. The molecule has 0 aliphatic rings. The molecule has 0 radical (unpaired) electrons. The molecule has 2 aromatic heterocycles. The lowest BCUT2D eigenvalue weighted by Crippen LogP contribution is -1.96. The van der Waals surface area contributed by atoms with E-state index >= 15 is 0 Å². The van der Waals surface area contributed by atoms with E-state index in [1.807, 2.05) is 35.9 Å². The Morgan fingerprint density at radius 2 is 2.16 bits per heavy atom. The minimum absolute atomic E-state index is 0.306. The second kappa shape index (κ2) is 4.55. The predicted molar refractivity (Wildman–Crippen MR) is 75.9 cm³/mol. The van der Waals surface area contributed by atoms with Crippen LogP contribution in [-0.2, 0) is 0 Å². The van der Waals surface area contributed by atoms with E-state index in [4.69, 9.17) is 10.3 Å². The van der Waals surface area contributed by atoms with E-state index < -0.39 is 0 Å². The largest absolute Gasteiger partial charge is 0.368 e. The molecule has 0 atom stereocenters. The SMILES string of the molecule is Cc1nccn1-c1ccc(-c2cc(N)on2)cc1Br. The standard InChI is InChI=1S/C13H11BrN4O/c1-8-16-4-5-18(8)12-3-2-9(6-10(12)14)11-7-13(15)19-17-11/h2-7H,15H2,1H3. The summed E-state index contributed by atoms with van der Waals surface area (Å²) >= 11 is 3.57. The summed E-state index contributed by atoms with van der Waals surface area (Å²) in [5.41, 5.74) is 8.20. The lowest BCUT2D eigenvalue weighted by Gasteiger charge is -2.08. The van der Waals surface area contributed by atoms with Gasteiger partial charge in [0.15, 0.2) is 0 Å². The number of anilines is 1. The smallest absolute Gasteiger partial charge is 0.222 e. The molecule has 0 aliphatic heterocycles. The van der Waals surface area contributed by atoms with E-state index in [9.17, 15) is 0 Å². The van der Waals surface area contributed by atoms with E-state index in [-0.39, 0.29) is 0 Å². The maximum Gasteiger partial charge on any atom is 0.222 e. The second-order valence-corrected chi connectivity index (χ2v) is 4.98. The Balaban J connectivity index is 2.06. The van der Waals surface area contributed by atoms with Crippen molar-refractivity contribution in [1.82, 2.24) is 14.7 Å². The molecule has 5 nitrogen and oxygen atoms in total. The van der Waals surface area contributed by atoms with Gasteiger partial charge in [-0.2, -0.15) is 0 Å². The van der Waals surface area contributed by atoms with Gasteiger partial charge < -0.3 is 14.8 Å². The van der Waals surface area contributed by atoms with Gasteiger partial charge in [0, 0.05) is 28.5 Å². The average Bonchev–Trinajstić information content (AvgIpc) is 2.98. The number of nitrogen functional groups attached to an aromatic ring is 1. The van der Waals surface area contributed by atoms with E-state index in [0.717, 1.165) is 21.5 Å². The summed E-state index contributed by atoms with van der Waals surface area (Å²) < 4.78 is 7.83. The maximum atomic E-state index is 5.53. The second-order valence-electron chi connectivity index (χ2n) is 4.13. The number of rotatable bonds is 2. The van der Waals surface area contributed by atoms with E-state index in [1.54, 1.807) is 12.3 Å². The summed E-state index contributed by atoms with van der Waals surface area (Å²) in [6.45, 7) is 1.96. The van der Waals surface area contributed by atoms with Crippen LogP contribution in [0, 0.1) is 6.92 Å². The number of hydrogen-bond acceptors (Lipinski definition) is 4. The molecule has 0 aliphatic carbocycles. The molecule has 3 rings (SSSR count). The number of aryl methyl sites for hydroxylation is 1. The Morgan fingerprint density at radius 3 is 2.74 bits per heavy atom. The maximum absolute atomic E-state index is 5.53. The van der Waals surface area contributed by atoms with Crippen molar-refractivity contribution in [1.29, 1.82) is 0 Å². The predicted octanol–water partition coefficient (Wildman–Crippen LogP) is 3.18. The first kappa shape index (κ1) is 12.0. The number of benzene rings is 1. The molecule has 0 amide bonds. The summed E-state index contributed by atoms with van der Waals surface area (Å²) in [6.07, 6.45) is 3.69. The van der Waals surface area contributed by atoms with Crippen LogP contribution in [0.2, 0.25) is 0 Å². The van der Waals surface area contributed by atoms with Crippen molar-refractivity contribution in [3.05, 3.63) is 47.0 Å². The molecule has 0 saturated carbocycles. The van der Waals surface area contributed by atoms with Gasteiger partial charge in [-0.3, -0.25) is 0 Å². The van der Waals surface area contributed by atoms with Gasteiger partial charge in [0.2, 0.25) is 5.88 Å². The average molecular weight is 319 g/mol. The van der Waals surface area contributed by atoms with Gasteiger partial charge in [0.25, 0.3) is 0 Å². The van der Waals surface area contributed by atoms with Crippen molar-refractivity contribution < 1.29 is 4.52 Å². The molecule has 0 saturated heterocycles. The highest BCUT2D eigenvalue weighted by Crippen LogP contribution is 2.28. The van der Waals surface area contributed by atoms with E-state index in [1.165, 1.54) is 0 Å². The van der Waals surface area contributed by atoms with Gasteiger partial charge in [-0.1, -0.05) is 11.2 Å². The number of imidazole rings is 1. The topological polar surface area (TPSA) is 69.9 Å². The molecule has 2 heterocycles. The highest BCUT2D eigenvalue weighted by molar-refractivity contribution is 9.10. The van der Waals surface area contributed by atoms with E-state index in [2.05, 4.69) is 26.1 Å². The fourth-order valence-electron chi connectivity index (χ4n) is 1.92. The molecular formula is C13H11BrN4O. The summed E-state index contributed by atoms with van der Waals surface area (Å²) in [4.78, 5) is 4.22. The van der Waals surface area contributed by atoms with Crippen molar-refractivity contribution in [3.63, 3.8) is 0 Å². The van der Waals surface area contributed by atoms with Gasteiger partial charge in [0.05, 0.1) is 5.69 Å². The molecule has 19 heavy (non-hydrogen) atoms. The van der Waals surface area contributed by atoms with Crippen molar-refractivity contribution >= 4 is 21.8 Å². The van der Waals surface area contributed by atoms with Gasteiger partial charge >= 0.3 is 0 Å². The first-order valence-electron chi connectivity index (χ1n) is 5.67. The molecule has 3 aromatic rings. The Hall–Kier alpha value is -2.08. The van der Waals surface area contributed by atoms with Crippen LogP contribution in [-0.4, -0.2) is 14.7 Å². The number of hydrogen-bond donors (Lipinski definition) is 1. The number of nitrogens with two attached hydrogens (primary N) is 1. The summed E-state index contributed by atoms with van der Waals surface area (Å²) in [5, 5.41) is 3.90. The minimum Gasteiger partial charge on any atom is -0.368 e. The van der Waals surface area contributed by atoms with Crippen LogP contribution in [0.4, 0.5) is 5.88 Å². The highest BCUT2D eigenvalue weighted by atomic mass is 79.9. The lowest BCUT2D eigenvalue weighted by atomic mass is 10.1. The molecule has 0 spiro atoms. The van der Waals surface area contributed by atoms with Crippen molar-refractivity contribution in [2.45, 2.75) is 6.92 Å². The van der Waals surface area contributed by atoms with Crippen molar-refractivity contribution in [2.75, 3.05) is 5.73 Å². The van der Waals surface area contributed by atoms with Crippen LogP contribution in [0.25, 0.3) is 16.9 Å². The molecule has 2 N–H and O–H groups in total. The fourth-order valence-corrected chi connectivity index (χ4v) is 2.49. The van der Waals surface area contributed by atoms with Crippen molar-refractivity contribution in [3.8, 4) is 16.9 Å². The zero-order valence-corrected chi connectivity index (χ0v) is 11.8. The van der Waals surface area contributed by atoms with Gasteiger partial charge in [-0.25, -0.2) is 4.98 Å². The molecule has 1 aromatic carbocycles. The Bertz CT molecular complexity index is 732. The quantitative estimate of drug-likeness (QED) is 0.787. The molecule has 96 valence electrons. The third kappa shape index (κ3) is 2.15. The molecule has 0 fully saturated rings. The monoisotopic (exact) mass is 318 g/mol. The first-order chi connectivity index (χ1) is 9.15. The zero-order valence-electron chi connectivity index (χ0n) is 10.2. The summed E-state index contributed by atoms with van der Waals surface area (Å²) in [6, 6.07) is 7.64. The normalized spacial score (nSPS) is 10.8. The van der Waals surface area contributed by atoms with Gasteiger partial charge in [-0.15, -0.1) is 0 Å². The minimum atomic E-state index is 0.306. The van der Waals surface area contributed by atoms with Crippen molar-refractivity contribution in [2.24, 2.45) is 0 Å². The van der Waals surface area contributed by atoms with E-state index in [0.29, 0.717) is 11.6 Å². The summed E-state index contributed by atoms with van der Waals surface area (Å²) in [7, 11) is 0. The number of aromatic nitrogens is 3. The lowest BCUT2D eigenvalue weighted by molar-refractivity contribution is 0.439. The van der Waals surface area contributed by atoms with Crippen LogP contribution in [0.3, 0.4) is 0 Å². The van der Waals surface area contributed by atoms with Crippen LogP contribution in [0.1, 0.15) is 5.82 Å². The van der Waals surface area contributed by atoms with Crippen LogP contribution < -0.4 is 5.73 Å². The third-order valence-corrected chi connectivity index (χ3v) is 3.49. The van der Waals surface area contributed by atoms with Crippen LogP contribution >= 0.6 is 15.9 Å². The molecule has 0 unspecified atom stereocenters. The third-order valence-electron chi connectivity index (χ3n) is 2.86. The zero-order chi connectivity index (χ0) is 13.4. The summed E-state index contributed by atoms with van der Waals surface area (Å²) in [5.74, 6) is 1.24. The number of nitrogens with zero attached hydrogens (tertiary/aromatic N) is 3. The Morgan fingerprint density at radius 1 is 1.32 bits per heavy atom. The van der Waals surface area contributed by atoms with Gasteiger partial charge in [-0.05, 0) is 35.0 Å². The number of halogens is 1.